The maximum atomic E-state index is 13.2. The normalized spacial score (nSPS) is 38.4. The van der Waals surface area contributed by atoms with E-state index in [0.717, 1.165) is 43.2 Å². The van der Waals surface area contributed by atoms with Crippen LogP contribution in [0.2, 0.25) is 0 Å². The molecule has 0 bridgehead atoms. The van der Waals surface area contributed by atoms with Crippen LogP contribution in [0.1, 0.15) is 61.6 Å². The molecule has 0 aliphatic heterocycles. The summed E-state index contributed by atoms with van der Waals surface area (Å²) in [5.74, 6) is 0.206. The fourth-order valence-corrected chi connectivity index (χ4v) is 5.81. The molecule has 3 aliphatic carbocycles. The molecule has 5 atom stereocenters. The van der Waals surface area contributed by atoms with Gasteiger partial charge in [0.25, 0.3) is 0 Å². The zero-order valence-electron chi connectivity index (χ0n) is 13.7. The third-order valence-electron chi connectivity index (χ3n) is 7.10. The van der Waals surface area contributed by atoms with Crippen LogP contribution in [0, 0.1) is 17.3 Å². The zero-order valence-corrected chi connectivity index (χ0v) is 13.7. The van der Waals surface area contributed by atoms with Crippen molar-refractivity contribution in [1.82, 2.24) is 0 Å². The van der Waals surface area contributed by atoms with Gasteiger partial charge in [0.15, 0.2) is 0 Å². The monoisotopic (exact) mass is 340 g/mol. The molecule has 24 heavy (non-hydrogen) atoms. The SMILES string of the molecule is C[C@]12CC[C@@H]3c4cc(C(F)(F)F)c(O)cc4CC[C@H]3[C@@H]1CC[C@@H]2O. The lowest BCUT2D eigenvalue weighted by molar-refractivity contribution is -0.138. The Morgan fingerprint density at radius 1 is 1.12 bits per heavy atom. The number of benzene rings is 1. The van der Waals surface area contributed by atoms with E-state index in [2.05, 4.69) is 6.92 Å². The standard InChI is InChI=1S/C19H23F3O2/c1-18-7-6-11-12(14(18)4-5-17(18)24)3-2-10-8-16(23)15(9-13(10)11)19(20,21)22/h8-9,11-12,14,17,23-24H,2-7H2,1H3/t11-,12+,14-,17-,18-/m0/s1. The van der Waals surface area contributed by atoms with Crippen molar-refractivity contribution in [3.63, 3.8) is 0 Å². The van der Waals surface area contributed by atoms with Crippen LogP contribution in [-0.2, 0) is 12.6 Å². The predicted octanol–water partition coefficient (Wildman–Crippen LogP) is 4.63. The number of rotatable bonds is 0. The Hall–Kier alpha value is -1.23. The van der Waals surface area contributed by atoms with Gasteiger partial charge in [-0.2, -0.15) is 13.2 Å². The lowest BCUT2D eigenvalue weighted by Gasteiger charge is -2.50. The molecule has 0 heterocycles. The van der Waals surface area contributed by atoms with E-state index in [0.29, 0.717) is 18.3 Å². The van der Waals surface area contributed by atoms with E-state index in [-0.39, 0.29) is 17.4 Å². The number of alkyl halides is 3. The number of phenols is 1. The van der Waals surface area contributed by atoms with Gasteiger partial charge in [0.1, 0.15) is 5.75 Å². The van der Waals surface area contributed by atoms with Crippen molar-refractivity contribution in [2.45, 2.75) is 63.6 Å². The molecule has 1 aromatic rings. The summed E-state index contributed by atoms with van der Waals surface area (Å²) in [6.45, 7) is 2.15. The largest absolute Gasteiger partial charge is 0.507 e. The predicted molar refractivity (Wildman–Crippen MR) is 83.7 cm³/mol. The van der Waals surface area contributed by atoms with Crippen molar-refractivity contribution in [2.24, 2.45) is 17.3 Å². The third kappa shape index (κ3) is 2.20. The molecule has 2 nitrogen and oxygen atoms in total. The number of fused-ring (bicyclic) bond motifs is 5. The number of halogens is 3. The van der Waals surface area contributed by atoms with Crippen molar-refractivity contribution in [3.8, 4) is 5.75 Å². The van der Waals surface area contributed by atoms with Gasteiger partial charge in [0, 0.05) is 0 Å². The minimum atomic E-state index is -4.53. The first-order chi connectivity index (χ1) is 11.2. The average molecular weight is 340 g/mol. The minimum Gasteiger partial charge on any atom is -0.507 e. The summed E-state index contributed by atoms with van der Waals surface area (Å²) >= 11 is 0. The van der Waals surface area contributed by atoms with E-state index >= 15 is 0 Å². The van der Waals surface area contributed by atoms with E-state index in [4.69, 9.17) is 0 Å². The summed E-state index contributed by atoms with van der Waals surface area (Å²) in [6, 6.07) is 2.52. The van der Waals surface area contributed by atoms with Gasteiger partial charge in [-0.1, -0.05) is 6.92 Å². The molecule has 0 amide bonds. The van der Waals surface area contributed by atoms with Crippen molar-refractivity contribution in [2.75, 3.05) is 0 Å². The Morgan fingerprint density at radius 3 is 2.58 bits per heavy atom. The molecular weight excluding hydrogens is 317 g/mol. The van der Waals surface area contributed by atoms with E-state index < -0.39 is 17.5 Å². The summed E-state index contributed by atoms with van der Waals surface area (Å²) in [7, 11) is 0. The molecule has 2 saturated carbocycles. The molecule has 132 valence electrons. The molecule has 0 radical (unpaired) electrons. The first kappa shape index (κ1) is 16.2. The highest BCUT2D eigenvalue weighted by Crippen LogP contribution is 2.61. The van der Waals surface area contributed by atoms with Gasteiger partial charge in [-0.15, -0.1) is 0 Å². The number of aliphatic hydroxyl groups excluding tert-OH is 1. The third-order valence-corrected chi connectivity index (χ3v) is 7.10. The zero-order chi connectivity index (χ0) is 17.3. The number of aromatic hydroxyl groups is 1. The quantitative estimate of drug-likeness (QED) is 0.723. The Morgan fingerprint density at radius 2 is 1.88 bits per heavy atom. The summed E-state index contributed by atoms with van der Waals surface area (Å²) in [4.78, 5) is 0. The molecule has 5 heteroatoms. The molecule has 0 unspecified atom stereocenters. The second kappa shape index (κ2) is 5.13. The molecule has 0 spiro atoms. The number of hydrogen-bond donors (Lipinski definition) is 2. The van der Waals surface area contributed by atoms with E-state index in [1.807, 2.05) is 0 Å². The molecule has 2 N–H and O–H groups in total. The summed E-state index contributed by atoms with van der Waals surface area (Å²) < 4.78 is 39.5. The number of aliphatic hydroxyl groups is 1. The van der Waals surface area contributed by atoms with E-state index in [9.17, 15) is 23.4 Å². The topological polar surface area (TPSA) is 40.5 Å². The summed E-state index contributed by atoms with van der Waals surface area (Å²) in [5, 5.41) is 20.1. The molecule has 0 aromatic heterocycles. The maximum Gasteiger partial charge on any atom is 0.419 e. The second-order valence-electron chi connectivity index (χ2n) is 8.12. The van der Waals surface area contributed by atoms with E-state index in [1.54, 1.807) is 0 Å². The van der Waals surface area contributed by atoms with Crippen LogP contribution in [0.3, 0.4) is 0 Å². The van der Waals surface area contributed by atoms with Crippen molar-refractivity contribution >= 4 is 0 Å². The second-order valence-corrected chi connectivity index (χ2v) is 8.12. The molecule has 3 aliphatic rings. The van der Waals surface area contributed by atoms with Gasteiger partial charge in [0.2, 0.25) is 0 Å². The first-order valence-corrected chi connectivity index (χ1v) is 8.83. The fourth-order valence-electron chi connectivity index (χ4n) is 5.81. The molecule has 1 aromatic carbocycles. The molecular formula is C19H23F3O2. The van der Waals surface area contributed by atoms with Crippen LogP contribution in [0.4, 0.5) is 13.2 Å². The average Bonchev–Trinajstić information content (AvgIpc) is 2.81. The Kier molecular flexibility index (Phi) is 3.48. The lowest BCUT2D eigenvalue weighted by atomic mass is 9.55. The fraction of sp³-hybridized carbons (Fsp3) is 0.684. The molecule has 4 rings (SSSR count). The Balaban J connectivity index is 1.74. The Bertz CT molecular complexity index is 669. The maximum absolute atomic E-state index is 13.2. The Labute approximate surface area is 139 Å². The van der Waals surface area contributed by atoms with Gasteiger partial charge in [0.05, 0.1) is 11.7 Å². The number of phenolic OH excluding ortho intramolecular Hbond substituents is 1. The van der Waals surface area contributed by atoms with Gasteiger partial charge in [-0.05, 0) is 85.0 Å². The number of hydrogen-bond acceptors (Lipinski definition) is 2. The highest BCUT2D eigenvalue weighted by atomic mass is 19.4. The highest BCUT2D eigenvalue weighted by Gasteiger charge is 2.54. The lowest BCUT2D eigenvalue weighted by Crippen LogP contribution is -2.44. The van der Waals surface area contributed by atoms with Crippen LogP contribution >= 0.6 is 0 Å². The van der Waals surface area contributed by atoms with Gasteiger partial charge in [-0.25, -0.2) is 0 Å². The number of aryl methyl sites for hydroxylation is 1. The van der Waals surface area contributed by atoms with Crippen LogP contribution in [0.5, 0.6) is 5.75 Å². The van der Waals surface area contributed by atoms with Crippen LogP contribution < -0.4 is 0 Å². The van der Waals surface area contributed by atoms with E-state index in [1.165, 1.54) is 12.1 Å². The van der Waals surface area contributed by atoms with Crippen LogP contribution in [0.25, 0.3) is 0 Å². The van der Waals surface area contributed by atoms with Crippen LogP contribution in [0.15, 0.2) is 12.1 Å². The van der Waals surface area contributed by atoms with Crippen molar-refractivity contribution in [1.29, 1.82) is 0 Å². The summed E-state index contributed by atoms with van der Waals surface area (Å²) in [5.41, 5.74) is 0.646. The minimum absolute atomic E-state index is 0.0809. The van der Waals surface area contributed by atoms with Crippen LogP contribution in [-0.4, -0.2) is 16.3 Å². The molecule has 0 saturated heterocycles. The molecule has 2 fully saturated rings. The van der Waals surface area contributed by atoms with Crippen molar-refractivity contribution < 1.29 is 23.4 Å². The first-order valence-electron chi connectivity index (χ1n) is 8.83. The van der Waals surface area contributed by atoms with Gasteiger partial charge >= 0.3 is 6.18 Å². The highest BCUT2D eigenvalue weighted by molar-refractivity contribution is 5.46. The van der Waals surface area contributed by atoms with Crippen molar-refractivity contribution in [3.05, 3.63) is 28.8 Å². The van der Waals surface area contributed by atoms with Gasteiger partial charge in [-0.3, -0.25) is 0 Å². The smallest absolute Gasteiger partial charge is 0.419 e. The summed E-state index contributed by atoms with van der Waals surface area (Å²) in [6.07, 6.45) is 0.305. The van der Waals surface area contributed by atoms with Gasteiger partial charge < -0.3 is 10.2 Å².